The van der Waals surface area contributed by atoms with Crippen molar-refractivity contribution < 1.29 is 22.7 Å². The Labute approximate surface area is 332 Å². The number of carbonyl (C=O) groups excluding carboxylic acids is 1. The van der Waals surface area contributed by atoms with Gasteiger partial charge < -0.3 is 43.2 Å². The Morgan fingerprint density at radius 3 is 2.29 bits per heavy atom. The lowest BCUT2D eigenvalue weighted by Gasteiger charge is -2.34. The smallest absolute Gasteiger partial charge is 0.327 e. The monoisotopic (exact) mass is 796 g/mol. The molecule has 2 amide bonds. The van der Waals surface area contributed by atoms with Crippen LogP contribution in [0.15, 0.2) is 44.6 Å². The van der Waals surface area contributed by atoms with Crippen molar-refractivity contribution in [1.82, 2.24) is 29.1 Å². The molecule has 3 aliphatic heterocycles. The van der Waals surface area contributed by atoms with Crippen molar-refractivity contribution in [3.05, 3.63) is 62.7 Å². The van der Waals surface area contributed by atoms with Crippen molar-refractivity contribution >= 4 is 50.9 Å². The maximum atomic E-state index is 16.3. The fourth-order valence-corrected chi connectivity index (χ4v) is 9.34. The fourth-order valence-electron chi connectivity index (χ4n) is 9.34. The summed E-state index contributed by atoms with van der Waals surface area (Å²) in [6.07, 6.45) is 8.95. The highest BCUT2D eigenvalue weighted by molar-refractivity contribution is 6.00. The first-order chi connectivity index (χ1) is 28.1. The molecule has 2 saturated carbocycles. The van der Waals surface area contributed by atoms with Gasteiger partial charge in [0.25, 0.3) is 5.89 Å². The Balaban J connectivity index is 0.932. The molecule has 5 fully saturated rings. The number of piperidine rings is 1. The molecule has 2 unspecified atom stereocenters. The molecular formula is C41H46F2N10O5. The molecule has 15 nitrogen and oxygen atoms in total. The van der Waals surface area contributed by atoms with E-state index in [2.05, 4.69) is 42.6 Å². The number of hydrogen-bond acceptors (Lipinski definition) is 11. The second-order valence-electron chi connectivity index (χ2n) is 16.6. The SMILES string of the molecule is COc1c(N2CC3CCCN(C)C3C2)c(F)cc2c(=O)c(-c3nnc(NC(=O)Nc4cn(C5CC5)c5cc(N6CCN(C)CC6)c(F)cc5c4=O)o3)cn(C3CC3)c12. The van der Waals surface area contributed by atoms with Crippen LogP contribution >= 0.6 is 0 Å². The lowest BCUT2D eigenvalue weighted by molar-refractivity contribution is 0.158. The molecule has 5 aliphatic rings. The minimum atomic E-state index is -0.843. The van der Waals surface area contributed by atoms with E-state index in [9.17, 15) is 14.4 Å². The quantitative estimate of drug-likeness (QED) is 0.213. The van der Waals surface area contributed by atoms with Crippen molar-refractivity contribution in [2.24, 2.45) is 5.92 Å². The van der Waals surface area contributed by atoms with Gasteiger partial charge in [0, 0.05) is 69.8 Å². The summed E-state index contributed by atoms with van der Waals surface area (Å²) in [4.78, 5) is 49.7. The molecule has 6 heterocycles. The number of carbonyl (C=O) groups is 1. The second kappa shape index (κ2) is 14.1. The molecule has 2 atom stereocenters. The van der Waals surface area contributed by atoms with Gasteiger partial charge in [0.05, 0.1) is 34.6 Å². The summed E-state index contributed by atoms with van der Waals surface area (Å²) >= 11 is 0. The topological polar surface area (TPSA) is 146 Å². The molecule has 0 spiro atoms. The van der Waals surface area contributed by atoms with E-state index < -0.39 is 28.5 Å². The Morgan fingerprint density at radius 1 is 0.828 bits per heavy atom. The number of pyridine rings is 2. The number of rotatable bonds is 8. The summed E-state index contributed by atoms with van der Waals surface area (Å²) in [6.45, 7) is 5.35. The highest BCUT2D eigenvalue weighted by Gasteiger charge is 2.40. The Hall–Kier alpha value is -5.55. The molecule has 17 heteroatoms. The number of anilines is 4. The van der Waals surface area contributed by atoms with Gasteiger partial charge in [-0.05, 0) is 83.3 Å². The predicted octanol–water partition coefficient (Wildman–Crippen LogP) is 5.25. The average Bonchev–Trinajstić information content (AvgIpc) is 4.14. The first kappa shape index (κ1) is 36.8. The average molecular weight is 797 g/mol. The molecule has 0 bridgehead atoms. The first-order valence-corrected chi connectivity index (χ1v) is 20.2. The molecule has 10 rings (SSSR count). The van der Waals surface area contributed by atoms with E-state index in [1.54, 1.807) is 18.5 Å². The molecular weight excluding hydrogens is 751 g/mol. The van der Waals surface area contributed by atoms with E-state index in [0.29, 0.717) is 66.3 Å². The molecule has 3 saturated heterocycles. The summed E-state index contributed by atoms with van der Waals surface area (Å²) in [7, 11) is 5.66. The first-order valence-electron chi connectivity index (χ1n) is 20.2. The summed E-state index contributed by atoms with van der Waals surface area (Å²) in [5.74, 6) is -0.457. The van der Waals surface area contributed by atoms with Crippen LogP contribution in [0.2, 0.25) is 0 Å². The minimum absolute atomic E-state index is 0.0414. The van der Waals surface area contributed by atoms with Crippen LogP contribution in [0.3, 0.4) is 0 Å². The van der Waals surface area contributed by atoms with E-state index >= 15 is 8.78 Å². The number of methoxy groups -OCH3 is 1. The molecule has 2 aliphatic carbocycles. The van der Waals surface area contributed by atoms with Crippen LogP contribution in [0.4, 0.5) is 36.7 Å². The highest BCUT2D eigenvalue weighted by Crippen LogP contribution is 2.46. The predicted molar refractivity (Wildman–Crippen MR) is 216 cm³/mol. The van der Waals surface area contributed by atoms with Crippen LogP contribution in [-0.2, 0) is 0 Å². The standard InChI is InChI=1S/C41H46F2N10O5/c1-48-11-13-50(14-12-48)32-17-31-25(15-28(32)42)37(55)30(20-52(31)23-6-7-23)44-40(56)45-41-47-46-39(58-41)27-19-53(24-8-9-24)34-26(36(27)54)16-29(43)35(38(34)57-3)51-18-22-5-4-10-49(2)33(22)21-51/h15-17,19-20,22-24,33H,4-14,18,21H2,1-3H3,(H2,44,45,47,56). The number of aromatic nitrogens is 4. The maximum absolute atomic E-state index is 16.3. The number of halogens is 2. The third-order valence-electron chi connectivity index (χ3n) is 12.7. The zero-order chi connectivity index (χ0) is 40.0. The molecule has 3 aromatic heterocycles. The third kappa shape index (κ3) is 6.34. The number of urea groups is 1. The van der Waals surface area contributed by atoms with Crippen LogP contribution in [0.5, 0.6) is 5.75 Å². The molecule has 2 N–H and O–H groups in total. The van der Waals surface area contributed by atoms with Crippen molar-refractivity contribution in [3.63, 3.8) is 0 Å². The normalized spacial score (nSPS) is 21.5. The fraction of sp³-hybridized carbons (Fsp3) is 0.488. The van der Waals surface area contributed by atoms with Gasteiger partial charge >= 0.3 is 12.0 Å². The summed E-state index contributed by atoms with van der Waals surface area (Å²) < 4.78 is 47.4. The zero-order valence-electron chi connectivity index (χ0n) is 32.8. The Bertz CT molecular complexity index is 2590. The van der Waals surface area contributed by atoms with E-state index in [1.165, 1.54) is 19.2 Å². The van der Waals surface area contributed by atoms with Crippen molar-refractivity contribution in [1.29, 1.82) is 0 Å². The van der Waals surface area contributed by atoms with Gasteiger partial charge in [-0.2, -0.15) is 0 Å². The molecule has 0 radical (unpaired) electrons. The van der Waals surface area contributed by atoms with Gasteiger partial charge in [-0.1, -0.05) is 5.10 Å². The van der Waals surface area contributed by atoms with Crippen molar-refractivity contribution in [2.75, 3.05) is 87.5 Å². The van der Waals surface area contributed by atoms with Crippen molar-refractivity contribution in [2.45, 2.75) is 56.7 Å². The number of fused-ring (bicyclic) bond motifs is 3. The number of benzene rings is 2. The summed E-state index contributed by atoms with van der Waals surface area (Å²) in [5, 5.41) is 13.4. The van der Waals surface area contributed by atoms with Gasteiger partial charge in [0.1, 0.15) is 22.8 Å². The number of likely N-dealkylation sites (N-methyl/N-ethyl adjacent to an activating group) is 2. The Morgan fingerprint density at radius 2 is 1.57 bits per heavy atom. The third-order valence-corrected chi connectivity index (χ3v) is 12.7. The number of piperazine rings is 1. The number of amides is 2. The highest BCUT2D eigenvalue weighted by atomic mass is 19.1. The molecule has 2 aromatic carbocycles. The summed E-state index contributed by atoms with van der Waals surface area (Å²) in [5.41, 5.74) is 0.891. The molecule has 58 heavy (non-hydrogen) atoms. The van der Waals surface area contributed by atoms with Crippen LogP contribution in [0.25, 0.3) is 33.3 Å². The molecule has 304 valence electrons. The van der Waals surface area contributed by atoms with Gasteiger partial charge in [-0.25, -0.2) is 13.6 Å². The van der Waals surface area contributed by atoms with Gasteiger partial charge in [-0.3, -0.25) is 14.9 Å². The van der Waals surface area contributed by atoms with Crippen LogP contribution in [0, 0.1) is 17.6 Å². The number of hydrogen-bond donors (Lipinski definition) is 2. The van der Waals surface area contributed by atoms with E-state index in [1.807, 2.05) is 21.1 Å². The van der Waals surface area contributed by atoms with E-state index in [0.717, 1.165) is 58.2 Å². The maximum Gasteiger partial charge on any atom is 0.327 e. The van der Waals surface area contributed by atoms with E-state index in [-0.39, 0.29) is 46.0 Å². The largest absolute Gasteiger partial charge is 0.492 e. The minimum Gasteiger partial charge on any atom is -0.492 e. The number of nitrogens with zero attached hydrogens (tertiary/aromatic N) is 8. The molecule has 5 aromatic rings. The van der Waals surface area contributed by atoms with E-state index in [4.69, 9.17) is 9.15 Å². The van der Waals surface area contributed by atoms with Gasteiger partial charge in [0.2, 0.25) is 10.9 Å². The lowest BCUT2D eigenvalue weighted by atomic mass is 9.93. The van der Waals surface area contributed by atoms with Gasteiger partial charge in [0.15, 0.2) is 11.6 Å². The Kier molecular flexibility index (Phi) is 8.92. The number of likely N-dealkylation sites (tertiary alicyclic amines) is 1. The van der Waals surface area contributed by atoms with Crippen LogP contribution in [0.1, 0.15) is 50.6 Å². The lowest BCUT2D eigenvalue weighted by Crippen LogP contribution is -2.44. The zero-order valence-corrected chi connectivity index (χ0v) is 32.8. The van der Waals surface area contributed by atoms with Crippen LogP contribution in [-0.4, -0.2) is 108 Å². The number of ether oxygens (including phenoxy) is 1. The second-order valence-corrected chi connectivity index (χ2v) is 16.6. The van der Waals surface area contributed by atoms with Gasteiger partial charge in [-0.15, -0.1) is 5.10 Å². The van der Waals surface area contributed by atoms with Crippen molar-refractivity contribution in [3.8, 4) is 17.2 Å². The summed E-state index contributed by atoms with van der Waals surface area (Å²) in [6, 6.07) is 3.61. The van der Waals surface area contributed by atoms with Crippen LogP contribution < -0.4 is 36.0 Å². The number of nitrogens with one attached hydrogen (secondary N) is 2.